The highest BCUT2D eigenvalue weighted by Crippen LogP contribution is 2.32. The third kappa shape index (κ3) is 4.01. The van der Waals surface area contributed by atoms with Crippen molar-refractivity contribution in [3.8, 4) is 33.2 Å². The topological polar surface area (TPSA) is 73.3 Å². The molecule has 1 aromatic heterocycles. The van der Waals surface area contributed by atoms with Crippen LogP contribution in [0.1, 0.15) is 10.4 Å². The number of ether oxygens (including phenoxy) is 2. The molecule has 0 bridgehead atoms. The molecule has 150 valence electrons. The number of nitrogens with zero attached hydrogens (tertiary/aromatic N) is 2. The highest BCUT2D eigenvalue weighted by atomic mass is 32.1. The van der Waals surface area contributed by atoms with E-state index < -0.39 is 0 Å². The lowest BCUT2D eigenvalue weighted by atomic mass is 10.0. The summed E-state index contributed by atoms with van der Waals surface area (Å²) in [5, 5.41) is 12.2. The Hall–Kier alpha value is -3.71. The minimum Gasteiger partial charge on any atom is -0.496 e. The highest BCUT2D eigenvalue weighted by molar-refractivity contribution is 7.18. The van der Waals surface area contributed by atoms with Crippen LogP contribution in [0.3, 0.4) is 0 Å². The van der Waals surface area contributed by atoms with E-state index in [1.165, 1.54) is 25.6 Å². The summed E-state index contributed by atoms with van der Waals surface area (Å²) in [6, 6.07) is 23.4. The maximum absolute atomic E-state index is 12.8. The Morgan fingerprint density at radius 3 is 2.00 bits per heavy atom. The van der Waals surface area contributed by atoms with Crippen molar-refractivity contribution in [3.63, 3.8) is 0 Å². The molecular formula is C23H19N3O3S. The highest BCUT2D eigenvalue weighted by Gasteiger charge is 2.20. The Kier molecular flexibility index (Phi) is 5.72. The largest absolute Gasteiger partial charge is 0.496 e. The number of methoxy groups -OCH3 is 2. The number of anilines is 1. The lowest BCUT2D eigenvalue weighted by Gasteiger charge is -2.11. The van der Waals surface area contributed by atoms with Crippen LogP contribution in [0.2, 0.25) is 0 Å². The van der Waals surface area contributed by atoms with Gasteiger partial charge in [0, 0.05) is 5.56 Å². The van der Waals surface area contributed by atoms with Crippen molar-refractivity contribution in [1.29, 1.82) is 0 Å². The van der Waals surface area contributed by atoms with Crippen molar-refractivity contribution in [2.24, 2.45) is 0 Å². The SMILES string of the molecule is COc1cccc(OC)c1C(=O)Nc1nnc(-c2ccc(-c3ccccc3)cc2)s1. The van der Waals surface area contributed by atoms with Crippen LogP contribution in [0.15, 0.2) is 72.8 Å². The van der Waals surface area contributed by atoms with E-state index in [9.17, 15) is 4.79 Å². The van der Waals surface area contributed by atoms with Gasteiger partial charge >= 0.3 is 0 Å². The van der Waals surface area contributed by atoms with Gasteiger partial charge in [-0.1, -0.05) is 72.0 Å². The van der Waals surface area contributed by atoms with Crippen LogP contribution in [-0.2, 0) is 0 Å². The van der Waals surface area contributed by atoms with E-state index in [2.05, 4.69) is 27.6 Å². The van der Waals surface area contributed by atoms with Crippen molar-refractivity contribution < 1.29 is 14.3 Å². The Labute approximate surface area is 178 Å². The second kappa shape index (κ2) is 8.75. The molecule has 0 unspecified atom stereocenters. The molecule has 0 radical (unpaired) electrons. The molecule has 0 atom stereocenters. The molecule has 6 nitrogen and oxygen atoms in total. The number of hydrogen-bond acceptors (Lipinski definition) is 6. The molecule has 30 heavy (non-hydrogen) atoms. The molecule has 4 rings (SSSR count). The van der Waals surface area contributed by atoms with Gasteiger partial charge in [0.15, 0.2) is 0 Å². The molecule has 0 aliphatic rings. The minimum absolute atomic E-state index is 0.312. The van der Waals surface area contributed by atoms with Crippen LogP contribution in [-0.4, -0.2) is 30.3 Å². The van der Waals surface area contributed by atoms with Crippen molar-refractivity contribution in [2.75, 3.05) is 19.5 Å². The Morgan fingerprint density at radius 1 is 0.767 bits per heavy atom. The third-order valence-corrected chi connectivity index (χ3v) is 5.43. The van der Waals surface area contributed by atoms with Crippen LogP contribution < -0.4 is 14.8 Å². The summed E-state index contributed by atoms with van der Waals surface area (Å²) in [4.78, 5) is 12.8. The summed E-state index contributed by atoms with van der Waals surface area (Å²) in [6.07, 6.45) is 0. The molecule has 4 aromatic rings. The van der Waals surface area contributed by atoms with Gasteiger partial charge < -0.3 is 9.47 Å². The van der Waals surface area contributed by atoms with Crippen molar-refractivity contribution in [2.45, 2.75) is 0 Å². The fourth-order valence-corrected chi connectivity index (χ4v) is 3.80. The molecule has 7 heteroatoms. The molecule has 0 saturated carbocycles. The van der Waals surface area contributed by atoms with E-state index >= 15 is 0 Å². The molecule has 0 spiro atoms. The molecule has 3 aromatic carbocycles. The predicted octanol–water partition coefficient (Wildman–Crippen LogP) is 5.14. The van der Waals surface area contributed by atoms with E-state index in [-0.39, 0.29) is 5.91 Å². The third-order valence-electron chi connectivity index (χ3n) is 4.54. The molecule has 0 saturated heterocycles. The molecule has 1 N–H and O–H groups in total. The van der Waals surface area contributed by atoms with Gasteiger partial charge in [-0.05, 0) is 23.3 Å². The molecule has 0 fully saturated rings. The smallest absolute Gasteiger partial charge is 0.265 e. The summed E-state index contributed by atoms with van der Waals surface area (Å²) in [5.41, 5.74) is 3.52. The van der Waals surface area contributed by atoms with Crippen molar-refractivity contribution in [3.05, 3.63) is 78.4 Å². The zero-order chi connectivity index (χ0) is 20.9. The summed E-state index contributed by atoms with van der Waals surface area (Å²) in [6.45, 7) is 0. The molecule has 0 aliphatic heterocycles. The number of rotatable bonds is 6. The first-order valence-electron chi connectivity index (χ1n) is 9.21. The van der Waals surface area contributed by atoms with Gasteiger partial charge in [-0.2, -0.15) is 0 Å². The van der Waals surface area contributed by atoms with Crippen LogP contribution in [0.25, 0.3) is 21.7 Å². The number of benzene rings is 3. The summed E-state index contributed by atoms with van der Waals surface area (Å²) >= 11 is 1.30. The van der Waals surface area contributed by atoms with Crippen LogP contribution in [0.4, 0.5) is 5.13 Å². The standard InChI is InChI=1S/C23H19N3O3S/c1-28-18-9-6-10-19(29-2)20(18)21(27)24-23-26-25-22(30-23)17-13-11-16(12-14-17)15-7-4-3-5-8-15/h3-14H,1-2H3,(H,24,26,27). The zero-order valence-electron chi connectivity index (χ0n) is 16.5. The maximum atomic E-state index is 12.8. The summed E-state index contributed by atoms with van der Waals surface area (Å²) in [7, 11) is 3.02. The lowest BCUT2D eigenvalue weighted by Crippen LogP contribution is -2.14. The van der Waals surface area contributed by atoms with Gasteiger partial charge in [0.05, 0.1) is 14.2 Å². The fraction of sp³-hybridized carbons (Fsp3) is 0.0870. The Bertz CT molecular complexity index is 1140. The van der Waals surface area contributed by atoms with Gasteiger partial charge in [0.1, 0.15) is 22.1 Å². The van der Waals surface area contributed by atoms with Gasteiger partial charge in [-0.15, -0.1) is 10.2 Å². The molecular weight excluding hydrogens is 398 g/mol. The Morgan fingerprint density at radius 2 is 1.37 bits per heavy atom. The Balaban J connectivity index is 1.53. The number of hydrogen-bond donors (Lipinski definition) is 1. The number of carbonyl (C=O) groups is 1. The quantitative estimate of drug-likeness (QED) is 0.470. The van der Waals surface area contributed by atoms with Gasteiger partial charge in [0.25, 0.3) is 5.91 Å². The predicted molar refractivity (Wildman–Crippen MR) is 118 cm³/mol. The van der Waals surface area contributed by atoms with Crippen LogP contribution >= 0.6 is 11.3 Å². The monoisotopic (exact) mass is 417 g/mol. The lowest BCUT2D eigenvalue weighted by molar-refractivity contribution is 0.102. The first kappa shape index (κ1) is 19.6. The van der Waals surface area contributed by atoms with Crippen molar-refractivity contribution in [1.82, 2.24) is 10.2 Å². The molecule has 0 aliphatic carbocycles. The number of nitrogens with one attached hydrogen (secondary N) is 1. The minimum atomic E-state index is -0.369. The molecule has 1 heterocycles. The normalized spacial score (nSPS) is 10.5. The van der Waals surface area contributed by atoms with Crippen molar-refractivity contribution >= 4 is 22.4 Å². The summed E-state index contributed by atoms with van der Waals surface area (Å²) in [5.74, 6) is 0.479. The zero-order valence-corrected chi connectivity index (χ0v) is 17.3. The van der Waals surface area contributed by atoms with Crippen LogP contribution in [0.5, 0.6) is 11.5 Å². The number of amides is 1. The van der Waals surface area contributed by atoms with E-state index in [1.54, 1.807) is 18.2 Å². The van der Waals surface area contributed by atoms with Gasteiger partial charge in [-0.3, -0.25) is 10.1 Å². The second-order valence-electron chi connectivity index (χ2n) is 6.35. The fourth-order valence-electron chi connectivity index (χ4n) is 3.06. The first-order valence-corrected chi connectivity index (χ1v) is 10.0. The van der Waals surface area contributed by atoms with Gasteiger partial charge in [-0.25, -0.2) is 0 Å². The average Bonchev–Trinajstić information content (AvgIpc) is 3.27. The number of aromatic nitrogens is 2. The summed E-state index contributed by atoms with van der Waals surface area (Å²) < 4.78 is 10.6. The number of carbonyl (C=O) groups excluding carboxylic acids is 1. The van der Waals surface area contributed by atoms with E-state index in [4.69, 9.17) is 9.47 Å². The van der Waals surface area contributed by atoms with E-state index in [0.29, 0.717) is 22.2 Å². The second-order valence-corrected chi connectivity index (χ2v) is 7.32. The van der Waals surface area contributed by atoms with Crippen LogP contribution in [0, 0.1) is 0 Å². The van der Waals surface area contributed by atoms with E-state index in [1.807, 2.05) is 42.5 Å². The van der Waals surface area contributed by atoms with Gasteiger partial charge in [0.2, 0.25) is 5.13 Å². The average molecular weight is 417 g/mol. The first-order chi connectivity index (χ1) is 14.7. The maximum Gasteiger partial charge on any atom is 0.265 e. The van der Waals surface area contributed by atoms with E-state index in [0.717, 1.165) is 21.7 Å². The molecule has 1 amide bonds.